The van der Waals surface area contributed by atoms with E-state index in [4.69, 9.17) is 0 Å². The molecule has 0 spiro atoms. The quantitative estimate of drug-likeness (QED) is 0.906. The number of amides is 1. The highest BCUT2D eigenvalue weighted by molar-refractivity contribution is 5.95. The Morgan fingerprint density at radius 2 is 2.11 bits per heavy atom. The van der Waals surface area contributed by atoms with E-state index in [-0.39, 0.29) is 5.91 Å². The molecular formula is C16H24N2O. The van der Waals surface area contributed by atoms with E-state index >= 15 is 0 Å². The van der Waals surface area contributed by atoms with Crippen LogP contribution in [-0.2, 0) is 0 Å². The fraction of sp³-hybridized carbons (Fsp3) is 0.562. The molecule has 1 fully saturated rings. The third kappa shape index (κ3) is 3.72. The van der Waals surface area contributed by atoms with Crippen LogP contribution in [-0.4, -0.2) is 26.0 Å². The second kappa shape index (κ2) is 6.09. The van der Waals surface area contributed by atoms with E-state index in [0.29, 0.717) is 6.04 Å². The maximum atomic E-state index is 12.3. The van der Waals surface area contributed by atoms with Gasteiger partial charge < -0.3 is 10.2 Å². The Labute approximate surface area is 116 Å². The van der Waals surface area contributed by atoms with E-state index in [1.165, 1.54) is 12.8 Å². The van der Waals surface area contributed by atoms with Crippen LogP contribution in [0.5, 0.6) is 0 Å². The maximum absolute atomic E-state index is 12.3. The predicted octanol–water partition coefficient (Wildman–Crippen LogP) is 3.06. The Kier molecular flexibility index (Phi) is 4.46. The molecule has 1 amide bonds. The minimum Gasteiger partial charge on any atom is -0.378 e. The number of carbonyl (C=O) groups is 1. The predicted molar refractivity (Wildman–Crippen MR) is 79.7 cm³/mol. The first kappa shape index (κ1) is 13.9. The fourth-order valence-electron chi connectivity index (χ4n) is 2.76. The molecule has 0 saturated heterocycles. The van der Waals surface area contributed by atoms with Crippen LogP contribution < -0.4 is 10.2 Å². The van der Waals surface area contributed by atoms with E-state index in [0.717, 1.165) is 30.0 Å². The molecular weight excluding hydrogens is 236 g/mol. The van der Waals surface area contributed by atoms with Crippen LogP contribution in [0.25, 0.3) is 0 Å². The standard InChI is InChI=1S/C16H24N2O/c1-12-6-4-8-14(10-12)17-16(19)13-7-5-9-15(11-13)18(2)3/h5,7,9,11-12,14H,4,6,8,10H2,1-3H3,(H,17,19). The first-order valence-corrected chi connectivity index (χ1v) is 7.14. The minimum absolute atomic E-state index is 0.0581. The molecule has 0 heterocycles. The number of rotatable bonds is 3. The molecule has 1 aromatic rings. The van der Waals surface area contributed by atoms with Crippen molar-refractivity contribution < 1.29 is 4.79 Å². The first-order chi connectivity index (χ1) is 9.06. The lowest BCUT2D eigenvalue weighted by Crippen LogP contribution is -2.38. The zero-order valence-electron chi connectivity index (χ0n) is 12.1. The summed E-state index contributed by atoms with van der Waals surface area (Å²) in [6.07, 6.45) is 4.74. The molecule has 0 aromatic heterocycles. The van der Waals surface area contributed by atoms with Gasteiger partial charge in [-0.05, 0) is 37.0 Å². The van der Waals surface area contributed by atoms with Gasteiger partial charge in [0.1, 0.15) is 0 Å². The smallest absolute Gasteiger partial charge is 0.251 e. The summed E-state index contributed by atoms with van der Waals surface area (Å²) < 4.78 is 0. The molecule has 0 bridgehead atoms. The van der Waals surface area contributed by atoms with Crippen LogP contribution in [0, 0.1) is 5.92 Å². The van der Waals surface area contributed by atoms with Crippen molar-refractivity contribution in [3.8, 4) is 0 Å². The number of benzene rings is 1. The summed E-state index contributed by atoms with van der Waals surface area (Å²) in [7, 11) is 3.97. The van der Waals surface area contributed by atoms with Crippen molar-refractivity contribution in [3.63, 3.8) is 0 Å². The third-order valence-electron chi connectivity index (χ3n) is 3.90. The first-order valence-electron chi connectivity index (χ1n) is 7.14. The molecule has 2 unspecified atom stereocenters. The van der Waals surface area contributed by atoms with Crippen LogP contribution in [0.2, 0.25) is 0 Å². The Bertz CT molecular complexity index is 442. The van der Waals surface area contributed by atoms with Gasteiger partial charge in [-0.3, -0.25) is 4.79 Å². The van der Waals surface area contributed by atoms with Gasteiger partial charge in [-0.15, -0.1) is 0 Å². The molecule has 1 aromatic carbocycles. The number of hydrogen-bond acceptors (Lipinski definition) is 2. The van der Waals surface area contributed by atoms with Gasteiger partial charge >= 0.3 is 0 Å². The Balaban J connectivity index is 2.01. The van der Waals surface area contributed by atoms with Crippen molar-refractivity contribution in [3.05, 3.63) is 29.8 Å². The molecule has 104 valence electrons. The lowest BCUT2D eigenvalue weighted by molar-refractivity contribution is 0.0921. The zero-order chi connectivity index (χ0) is 13.8. The molecule has 2 atom stereocenters. The van der Waals surface area contributed by atoms with E-state index in [9.17, 15) is 4.79 Å². The highest BCUT2D eigenvalue weighted by Crippen LogP contribution is 2.24. The average Bonchev–Trinajstić information content (AvgIpc) is 2.39. The van der Waals surface area contributed by atoms with Gasteiger partial charge in [-0.1, -0.05) is 25.8 Å². The molecule has 3 heteroatoms. The second-order valence-electron chi connectivity index (χ2n) is 5.89. The molecule has 3 nitrogen and oxygen atoms in total. The van der Waals surface area contributed by atoms with Gasteiger partial charge in [0.15, 0.2) is 0 Å². The van der Waals surface area contributed by atoms with E-state index in [1.54, 1.807) is 0 Å². The average molecular weight is 260 g/mol. The third-order valence-corrected chi connectivity index (χ3v) is 3.90. The summed E-state index contributed by atoms with van der Waals surface area (Å²) in [5, 5.41) is 3.17. The van der Waals surface area contributed by atoms with Crippen molar-refractivity contribution in [2.45, 2.75) is 38.6 Å². The molecule has 1 aliphatic carbocycles. The van der Waals surface area contributed by atoms with Crippen LogP contribution in [0.15, 0.2) is 24.3 Å². The summed E-state index contributed by atoms with van der Waals surface area (Å²) in [5.41, 5.74) is 1.81. The largest absolute Gasteiger partial charge is 0.378 e. The lowest BCUT2D eigenvalue weighted by atomic mass is 9.87. The molecule has 19 heavy (non-hydrogen) atoms. The summed E-state index contributed by atoms with van der Waals surface area (Å²) in [4.78, 5) is 14.3. The number of carbonyl (C=O) groups excluding carboxylic acids is 1. The normalized spacial score (nSPS) is 22.9. The summed E-state index contributed by atoms with van der Waals surface area (Å²) in [6.45, 7) is 2.27. The van der Waals surface area contributed by atoms with Crippen molar-refractivity contribution in [1.29, 1.82) is 0 Å². The number of hydrogen-bond donors (Lipinski definition) is 1. The van der Waals surface area contributed by atoms with Crippen molar-refractivity contribution in [2.24, 2.45) is 5.92 Å². The summed E-state index contributed by atoms with van der Waals surface area (Å²) in [6, 6.07) is 8.13. The molecule has 2 rings (SSSR count). The zero-order valence-corrected chi connectivity index (χ0v) is 12.1. The molecule has 1 saturated carbocycles. The minimum atomic E-state index is 0.0581. The summed E-state index contributed by atoms with van der Waals surface area (Å²) >= 11 is 0. The summed E-state index contributed by atoms with van der Waals surface area (Å²) in [5.74, 6) is 0.787. The van der Waals surface area contributed by atoms with E-state index in [2.05, 4.69) is 12.2 Å². The van der Waals surface area contributed by atoms with Gasteiger partial charge in [-0.25, -0.2) is 0 Å². The Morgan fingerprint density at radius 3 is 2.79 bits per heavy atom. The number of nitrogens with one attached hydrogen (secondary N) is 1. The Hall–Kier alpha value is -1.51. The monoisotopic (exact) mass is 260 g/mol. The molecule has 0 radical (unpaired) electrons. The van der Waals surface area contributed by atoms with Gasteiger partial charge in [0, 0.05) is 31.4 Å². The van der Waals surface area contributed by atoms with Gasteiger partial charge in [0.25, 0.3) is 5.91 Å². The van der Waals surface area contributed by atoms with Crippen molar-refractivity contribution in [2.75, 3.05) is 19.0 Å². The van der Waals surface area contributed by atoms with Crippen LogP contribution >= 0.6 is 0 Å². The number of nitrogens with zero attached hydrogens (tertiary/aromatic N) is 1. The molecule has 0 aliphatic heterocycles. The Morgan fingerprint density at radius 1 is 1.32 bits per heavy atom. The van der Waals surface area contributed by atoms with E-state index < -0.39 is 0 Å². The SMILES string of the molecule is CC1CCCC(NC(=O)c2cccc(N(C)C)c2)C1. The number of anilines is 1. The van der Waals surface area contributed by atoms with Gasteiger partial charge in [0.05, 0.1) is 0 Å². The second-order valence-corrected chi connectivity index (χ2v) is 5.89. The van der Waals surface area contributed by atoms with Crippen molar-refractivity contribution in [1.82, 2.24) is 5.32 Å². The van der Waals surface area contributed by atoms with Gasteiger partial charge in [-0.2, -0.15) is 0 Å². The van der Waals surface area contributed by atoms with Crippen LogP contribution in [0.4, 0.5) is 5.69 Å². The van der Waals surface area contributed by atoms with Gasteiger partial charge in [0.2, 0.25) is 0 Å². The van der Waals surface area contributed by atoms with Crippen LogP contribution in [0.1, 0.15) is 43.0 Å². The highest BCUT2D eigenvalue weighted by Gasteiger charge is 2.20. The lowest BCUT2D eigenvalue weighted by Gasteiger charge is -2.27. The van der Waals surface area contributed by atoms with Crippen LogP contribution in [0.3, 0.4) is 0 Å². The van der Waals surface area contributed by atoms with E-state index in [1.807, 2.05) is 43.3 Å². The maximum Gasteiger partial charge on any atom is 0.251 e. The molecule has 1 aliphatic rings. The van der Waals surface area contributed by atoms with Crippen molar-refractivity contribution >= 4 is 11.6 Å². The molecule has 1 N–H and O–H groups in total. The topological polar surface area (TPSA) is 32.3 Å². The highest BCUT2D eigenvalue weighted by atomic mass is 16.1. The fourth-order valence-corrected chi connectivity index (χ4v) is 2.76.